The topological polar surface area (TPSA) is 34.6 Å². The van der Waals surface area contributed by atoms with E-state index in [0.717, 1.165) is 22.7 Å². The van der Waals surface area contributed by atoms with E-state index >= 15 is 0 Å². The molecule has 0 N–H and O–H groups in total. The minimum atomic E-state index is -0.164. The van der Waals surface area contributed by atoms with Crippen LogP contribution in [-0.2, 0) is 0 Å². The first-order chi connectivity index (χ1) is 18.3. The largest absolute Gasteiger partial charge is 0.421 e. The molecule has 0 saturated carbocycles. The summed E-state index contributed by atoms with van der Waals surface area (Å²) in [5, 5.41) is 9.42. The lowest BCUT2D eigenvalue weighted by atomic mass is 9.53. The Balaban J connectivity index is 1.57. The first kappa shape index (κ1) is 21.1. The van der Waals surface area contributed by atoms with Crippen molar-refractivity contribution in [2.75, 3.05) is 9.62 Å². The van der Waals surface area contributed by atoms with Crippen molar-refractivity contribution in [3.05, 3.63) is 132 Å². The van der Waals surface area contributed by atoms with Gasteiger partial charge in [-0.05, 0) is 53.0 Å². The molecule has 2 aliphatic rings. The molecule has 0 atom stereocenters. The minimum Gasteiger partial charge on any atom is -0.361 e. The van der Waals surface area contributed by atoms with Gasteiger partial charge in [0.15, 0.2) is 5.69 Å². The van der Waals surface area contributed by atoms with E-state index in [1.165, 1.54) is 27.7 Å². The predicted octanol–water partition coefficient (Wildman–Crippen LogP) is 7.44. The van der Waals surface area contributed by atoms with Crippen molar-refractivity contribution in [1.82, 2.24) is 0 Å². The lowest BCUT2D eigenvalue weighted by Gasteiger charge is -2.47. The molecule has 2 heterocycles. The molecule has 5 heteroatoms. The first-order valence-electron chi connectivity index (χ1n) is 12.2. The Morgan fingerprint density at radius 1 is 0.595 bits per heavy atom. The monoisotopic (exact) mass is 470 g/mol. The van der Waals surface area contributed by atoms with Crippen LogP contribution in [0, 0.1) is 17.9 Å². The van der Waals surface area contributed by atoms with Gasteiger partial charge >= 0.3 is 6.98 Å². The van der Waals surface area contributed by atoms with Crippen molar-refractivity contribution in [3.63, 3.8) is 0 Å². The molecule has 0 aliphatic carbocycles. The highest BCUT2D eigenvalue weighted by Gasteiger charge is 2.46. The molecule has 7 rings (SSSR count). The summed E-state index contributed by atoms with van der Waals surface area (Å²) in [5.74, 6) is 0. The fraction of sp³-hybridized carbons (Fsp3) is 0. The molecule has 0 bridgehead atoms. The van der Waals surface area contributed by atoms with Gasteiger partial charge in [-0.3, -0.25) is 0 Å². The molecule has 0 saturated heterocycles. The number of anilines is 4. The normalized spacial score (nSPS) is 12.6. The van der Waals surface area contributed by atoms with Gasteiger partial charge in [0, 0.05) is 33.9 Å². The van der Waals surface area contributed by atoms with E-state index < -0.39 is 0 Å². The molecule has 0 unspecified atom stereocenters. The van der Waals surface area contributed by atoms with Gasteiger partial charge in [-0.1, -0.05) is 78.9 Å². The third-order valence-electron chi connectivity index (χ3n) is 7.29. The number of fused-ring (bicyclic) bond motifs is 4. The van der Waals surface area contributed by atoms with Gasteiger partial charge < -0.3 is 9.62 Å². The lowest BCUT2D eigenvalue weighted by molar-refractivity contribution is 1.26. The molecule has 5 aromatic carbocycles. The van der Waals surface area contributed by atoms with Gasteiger partial charge in [0.2, 0.25) is 0 Å². The molecular weight excluding hydrogens is 451 g/mol. The van der Waals surface area contributed by atoms with Crippen LogP contribution in [0.1, 0.15) is 5.56 Å². The van der Waals surface area contributed by atoms with E-state index in [9.17, 15) is 5.26 Å². The van der Waals surface area contributed by atoms with Crippen LogP contribution in [0.5, 0.6) is 0 Å². The Kier molecular flexibility index (Phi) is 4.64. The second-order valence-corrected chi connectivity index (χ2v) is 9.20. The summed E-state index contributed by atoms with van der Waals surface area (Å²) in [6, 6.07) is 41.6. The average molecular weight is 470 g/mol. The predicted molar refractivity (Wildman–Crippen MR) is 151 cm³/mol. The maximum atomic E-state index is 9.42. The van der Waals surface area contributed by atoms with E-state index in [1.54, 1.807) is 0 Å². The Labute approximate surface area is 216 Å². The molecule has 0 spiro atoms. The molecule has 37 heavy (non-hydrogen) atoms. The van der Waals surface area contributed by atoms with Crippen molar-refractivity contribution in [2.45, 2.75) is 0 Å². The number of nitriles is 1. The maximum Gasteiger partial charge on any atom is 0.421 e. The summed E-state index contributed by atoms with van der Waals surface area (Å²) in [6.07, 6.45) is 0. The molecule has 5 aromatic rings. The molecule has 170 valence electrons. The van der Waals surface area contributed by atoms with E-state index in [4.69, 9.17) is 6.57 Å². The van der Waals surface area contributed by atoms with Crippen LogP contribution in [0.25, 0.3) is 27.1 Å². The summed E-state index contributed by atoms with van der Waals surface area (Å²) in [4.78, 5) is 8.36. The summed E-state index contributed by atoms with van der Waals surface area (Å²) >= 11 is 0. The van der Waals surface area contributed by atoms with Gasteiger partial charge in [0.05, 0.1) is 18.2 Å². The molecular formula is C32H19BN4. The molecule has 4 nitrogen and oxygen atoms in total. The Morgan fingerprint density at radius 2 is 1.08 bits per heavy atom. The maximum absolute atomic E-state index is 9.42. The number of hydrogen-bond donors (Lipinski definition) is 0. The van der Waals surface area contributed by atoms with E-state index in [0.29, 0.717) is 11.3 Å². The average Bonchev–Trinajstić information content (AvgIpc) is 2.98. The van der Waals surface area contributed by atoms with E-state index in [2.05, 4.69) is 87.3 Å². The number of para-hydroxylation sites is 2. The number of hydrogen-bond acceptors (Lipinski definition) is 3. The third kappa shape index (κ3) is 3.08. The third-order valence-corrected chi connectivity index (χ3v) is 7.29. The van der Waals surface area contributed by atoms with Crippen LogP contribution in [0.4, 0.5) is 28.4 Å². The molecule has 0 aromatic heterocycles. The molecule has 0 fully saturated rings. The van der Waals surface area contributed by atoms with Gasteiger partial charge in [0.1, 0.15) is 0 Å². The van der Waals surface area contributed by atoms with Crippen LogP contribution in [0.3, 0.4) is 0 Å². The molecule has 0 radical (unpaired) electrons. The highest BCUT2D eigenvalue weighted by molar-refractivity contribution is 6.86. The first-order valence-corrected chi connectivity index (χ1v) is 12.2. The van der Waals surface area contributed by atoms with Gasteiger partial charge in [0.25, 0.3) is 0 Å². The minimum absolute atomic E-state index is 0.164. The van der Waals surface area contributed by atoms with E-state index in [-0.39, 0.29) is 6.98 Å². The number of rotatable bonds is 2. The summed E-state index contributed by atoms with van der Waals surface area (Å²) in [7, 11) is 0. The lowest BCUT2D eigenvalue weighted by Crippen LogP contribution is -2.61. The second-order valence-electron chi connectivity index (χ2n) is 9.20. The van der Waals surface area contributed by atoms with Crippen molar-refractivity contribution in [2.24, 2.45) is 0 Å². The van der Waals surface area contributed by atoms with Crippen molar-refractivity contribution in [1.29, 1.82) is 5.26 Å². The summed E-state index contributed by atoms with van der Waals surface area (Å²) in [6.45, 7) is 7.26. The fourth-order valence-electron chi connectivity index (χ4n) is 5.72. The van der Waals surface area contributed by atoms with Crippen molar-refractivity contribution >= 4 is 40.9 Å². The zero-order chi connectivity index (χ0) is 24.9. The Hall–Kier alpha value is -5.26. The van der Waals surface area contributed by atoms with Gasteiger partial charge in [-0.25, -0.2) is 4.85 Å². The van der Waals surface area contributed by atoms with Crippen LogP contribution in [-0.4, -0.2) is 6.98 Å². The summed E-state index contributed by atoms with van der Waals surface area (Å²) < 4.78 is 0. The number of benzene rings is 5. The zero-order valence-electron chi connectivity index (χ0n) is 19.8. The highest BCUT2D eigenvalue weighted by atomic mass is 15.2. The van der Waals surface area contributed by atoms with Crippen molar-refractivity contribution < 1.29 is 0 Å². The standard InChI is InChI=1S/C32H19BN4/c1-35-23-15-19-25(20-16-23)37-31-12-5-3-8-27(31)29-10-6-9-28-26-7-2-4-11-30(26)36(33(37)32(28)29)24-17-13-22(21-34)14-18-24/h2-20H. The Bertz CT molecular complexity index is 1630. The molecule has 0 amide bonds. The van der Waals surface area contributed by atoms with E-state index in [1.807, 2.05) is 48.5 Å². The van der Waals surface area contributed by atoms with Gasteiger partial charge in [-0.15, -0.1) is 0 Å². The second kappa shape index (κ2) is 8.16. The Morgan fingerprint density at radius 3 is 1.59 bits per heavy atom. The van der Waals surface area contributed by atoms with Crippen LogP contribution in [0.2, 0.25) is 0 Å². The van der Waals surface area contributed by atoms with Gasteiger partial charge in [-0.2, -0.15) is 5.26 Å². The highest BCUT2D eigenvalue weighted by Crippen LogP contribution is 2.48. The van der Waals surface area contributed by atoms with Crippen molar-refractivity contribution in [3.8, 4) is 28.3 Å². The quantitative estimate of drug-likeness (QED) is 0.199. The molecule has 2 aliphatic heterocycles. The van der Waals surface area contributed by atoms with Crippen LogP contribution in [0.15, 0.2) is 115 Å². The fourth-order valence-corrected chi connectivity index (χ4v) is 5.72. The SMILES string of the molecule is [C-]#[N+]c1ccc(N2B3c4c(cccc4-c4ccccc42)-c2ccccc2N3c2ccc(C#N)cc2)cc1. The summed E-state index contributed by atoms with van der Waals surface area (Å²) in [5.41, 5.74) is 11.6. The zero-order valence-corrected chi connectivity index (χ0v) is 19.8. The number of nitrogens with zero attached hydrogens (tertiary/aromatic N) is 4. The van der Waals surface area contributed by atoms with Crippen LogP contribution >= 0.6 is 0 Å². The smallest absolute Gasteiger partial charge is 0.361 e. The van der Waals surface area contributed by atoms with Crippen LogP contribution < -0.4 is 15.1 Å².